The van der Waals surface area contributed by atoms with Gasteiger partial charge in [0.1, 0.15) is 11.2 Å². The summed E-state index contributed by atoms with van der Waals surface area (Å²) in [5.74, 6) is 0. The molecular weight excluding hydrogens is 651 g/mol. The molecule has 3 heteroatoms. The van der Waals surface area contributed by atoms with Crippen LogP contribution in [-0.4, -0.2) is 0 Å². The van der Waals surface area contributed by atoms with Crippen LogP contribution in [0.1, 0.15) is 22.3 Å². The van der Waals surface area contributed by atoms with E-state index in [1.807, 2.05) is 23.5 Å². The Kier molecular flexibility index (Phi) is 6.37. The summed E-state index contributed by atoms with van der Waals surface area (Å²) in [6.45, 7) is 0. The average molecular weight is 682 g/mol. The van der Waals surface area contributed by atoms with E-state index >= 15 is 0 Å². The lowest BCUT2D eigenvalue weighted by atomic mass is 9.68. The summed E-state index contributed by atoms with van der Waals surface area (Å²) < 4.78 is 9.02. The van der Waals surface area contributed by atoms with E-state index in [1.165, 1.54) is 53.6 Å². The molecule has 0 fully saturated rings. The SMILES string of the molecule is c1ccc(C2(c3ccccc3)c3ccccc3-c3cc(N(c4ccc5c(c4)oc4ccccc45)c4ccc5c(c4)sc4ccccc45)ccc32)cc1. The summed E-state index contributed by atoms with van der Waals surface area (Å²) in [4.78, 5) is 2.39. The number of furan rings is 1. The molecule has 0 bridgehead atoms. The van der Waals surface area contributed by atoms with Gasteiger partial charge in [0.05, 0.1) is 5.41 Å². The summed E-state index contributed by atoms with van der Waals surface area (Å²) >= 11 is 1.85. The van der Waals surface area contributed by atoms with E-state index in [9.17, 15) is 0 Å². The van der Waals surface area contributed by atoms with Gasteiger partial charge in [0.2, 0.25) is 0 Å². The Hall–Kier alpha value is -6.42. The van der Waals surface area contributed by atoms with E-state index in [-0.39, 0.29) is 0 Å². The quantitative estimate of drug-likeness (QED) is 0.180. The molecule has 0 radical (unpaired) electrons. The fraction of sp³-hybridized carbons (Fsp3) is 0.0204. The van der Waals surface area contributed by atoms with Crippen molar-refractivity contribution in [3.63, 3.8) is 0 Å². The summed E-state index contributed by atoms with van der Waals surface area (Å²) in [5, 5.41) is 4.85. The molecule has 244 valence electrons. The molecule has 0 unspecified atom stereocenters. The molecule has 10 aromatic rings. The molecule has 11 rings (SSSR count). The fourth-order valence-electron chi connectivity index (χ4n) is 8.73. The molecule has 0 saturated heterocycles. The maximum atomic E-state index is 6.45. The van der Waals surface area contributed by atoms with Crippen LogP contribution in [0.15, 0.2) is 192 Å². The molecule has 0 atom stereocenters. The molecule has 0 saturated carbocycles. The van der Waals surface area contributed by atoms with E-state index in [1.54, 1.807) is 0 Å². The van der Waals surface area contributed by atoms with Crippen LogP contribution in [0.4, 0.5) is 17.1 Å². The summed E-state index contributed by atoms with van der Waals surface area (Å²) in [6, 6.07) is 68.6. The van der Waals surface area contributed by atoms with Crippen LogP contribution in [0, 0.1) is 0 Å². The fourth-order valence-corrected chi connectivity index (χ4v) is 9.87. The maximum Gasteiger partial charge on any atom is 0.137 e. The zero-order chi connectivity index (χ0) is 34.2. The van der Waals surface area contributed by atoms with Gasteiger partial charge in [-0.25, -0.2) is 0 Å². The Morgan fingerprint density at radius 2 is 0.942 bits per heavy atom. The first-order valence-electron chi connectivity index (χ1n) is 17.8. The third kappa shape index (κ3) is 4.17. The standard InChI is InChI=1S/C49H31NOS/c1-3-13-32(14-4-1)49(33-15-5-2-6-16-33)43-20-10-7-17-37(43)42-29-34(25-28-44(42)49)50(35-23-26-39-38-18-8-11-21-45(38)51-46(39)30-35)36-24-27-41-40-19-9-12-22-47(40)52-48(41)31-36/h1-31H. The van der Waals surface area contributed by atoms with E-state index in [2.05, 4.69) is 181 Å². The van der Waals surface area contributed by atoms with Crippen LogP contribution in [-0.2, 0) is 5.41 Å². The first-order chi connectivity index (χ1) is 25.8. The minimum absolute atomic E-state index is 0.443. The van der Waals surface area contributed by atoms with Crippen molar-refractivity contribution in [2.45, 2.75) is 5.41 Å². The van der Waals surface area contributed by atoms with Gasteiger partial charge in [-0.15, -0.1) is 11.3 Å². The zero-order valence-electron chi connectivity index (χ0n) is 28.2. The monoisotopic (exact) mass is 681 g/mol. The van der Waals surface area contributed by atoms with E-state index in [0.29, 0.717) is 0 Å². The van der Waals surface area contributed by atoms with E-state index < -0.39 is 5.41 Å². The van der Waals surface area contributed by atoms with Crippen LogP contribution in [0.3, 0.4) is 0 Å². The van der Waals surface area contributed by atoms with Crippen LogP contribution in [0.5, 0.6) is 0 Å². The highest BCUT2D eigenvalue weighted by atomic mass is 32.1. The lowest BCUT2D eigenvalue weighted by Crippen LogP contribution is -2.28. The molecule has 8 aromatic carbocycles. The highest BCUT2D eigenvalue weighted by Crippen LogP contribution is 2.57. The first-order valence-corrected chi connectivity index (χ1v) is 18.6. The van der Waals surface area contributed by atoms with Crippen LogP contribution >= 0.6 is 11.3 Å². The van der Waals surface area contributed by atoms with Crippen molar-refractivity contribution in [1.29, 1.82) is 0 Å². The second-order valence-corrected chi connectivity index (χ2v) is 14.7. The van der Waals surface area contributed by atoms with Gasteiger partial charge in [0, 0.05) is 54.1 Å². The van der Waals surface area contributed by atoms with Crippen LogP contribution < -0.4 is 4.90 Å². The number of fused-ring (bicyclic) bond motifs is 9. The molecule has 2 aromatic heterocycles. The van der Waals surface area contributed by atoms with Gasteiger partial charge in [0.15, 0.2) is 0 Å². The number of para-hydroxylation sites is 1. The van der Waals surface area contributed by atoms with Gasteiger partial charge in [0.25, 0.3) is 0 Å². The number of hydrogen-bond donors (Lipinski definition) is 0. The Labute approximate surface area is 305 Å². The van der Waals surface area contributed by atoms with Crippen molar-refractivity contribution in [2.75, 3.05) is 4.90 Å². The predicted molar refractivity (Wildman–Crippen MR) is 219 cm³/mol. The Balaban J connectivity index is 1.17. The van der Waals surface area contributed by atoms with Gasteiger partial charge < -0.3 is 9.32 Å². The van der Waals surface area contributed by atoms with E-state index in [0.717, 1.165) is 39.0 Å². The van der Waals surface area contributed by atoms with Crippen molar-refractivity contribution in [3.8, 4) is 11.1 Å². The minimum atomic E-state index is -0.443. The van der Waals surface area contributed by atoms with Gasteiger partial charge in [-0.1, -0.05) is 133 Å². The van der Waals surface area contributed by atoms with Crippen molar-refractivity contribution in [2.24, 2.45) is 0 Å². The van der Waals surface area contributed by atoms with Gasteiger partial charge in [-0.2, -0.15) is 0 Å². The molecule has 2 nitrogen and oxygen atoms in total. The van der Waals surface area contributed by atoms with Gasteiger partial charge in [-0.3, -0.25) is 0 Å². The van der Waals surface area contributed by atoms with Crippen LogP contribution in [0.25, 0.3) is 53.2 Å². The number of rotatable bonds is 5. The molecule has 52 heavy (non-hydrogen) atoms. The number of benzene rings is 8. The molecule has 0 amide bonds. The molecule has 0 N–H and O–H groups in total. The maximum absolute atomic E-state index is 6.45. The predicted octanol–water partition coefficient (Wildman–Crippen LogP) is 13.8. The van der Waals surface area contributed by atoms with Crippen molar-refractivity contribution < 1.29 is 4.42 Å². The van der Waals surface area contributed by atoms with Gasteiger partial charge in [-0.05, 0) is 81.9 Å². The largest absolute Gasteiger partial charge is 0.456 e. The summed E-state index contributed by atoms with van der Waals surface area (Å²) in [5.41, 5.74) is 12.2. The topological polar surface area (TPSA) is 16.4 Å². The highest BCUT2D eigenvalue weighted by Gasteiger charge is 2.46. The second kappa shape index (κ2) is 11.3. The Morgan fingerprint density at radius 3 is 1.75 bits per heavy atom. The van der Waals surface area contributed by atoms with E-state index in [4.69, 9.17) is 4.42 Å². The Bertz CT molecular complexity index is 2820. The summed E-state index contributed by atoms with van der Waals surface area (Å²) in [7, 11) is 0. The third-order valence-corrected chi connectivity index (χ3v) is 12.1. The van der Waals surface area contributed by atoms with Gasteiger partial charge >= 0.3 is 0 Å². The number of anilines is 3. The smallest absolute Gasteiger partial charge is 0.137 e. The minimum Gasteiger partial charge on any atom is -0.456 e. The molecule has 0 aliphatic heterocycles. The second-order valence-electron chi connectivity index (χ2n) is 13.7. The summed E-state index contributed by atoms with van der Waals surface area (Å²) in [6.07, 6.45) is 0. The third-order valence-electron chi connectivity index (χ3n) is 10.9. The van der Waals surface area contributed by atoms with Crippen molar-refractivity contribution >= 4 is 70.5 Å². The lowest BCUT2D eigenvalue weighted by molar-refractivity contribution is 0.669. The molecule has 2 heterocycles. The number of nitrogens with zero attached hydrogens (tertiary/aromatic N) is 1. The van der Waals surface area contributed by atoms with Crippen LogP contribution in [0.2, 0.25) is 0 Å². The first kappa shape index (κ1) is 29.3. The average Bonchev–Trinajstić information content (AvgIpc) is 3.86. The number of hydrogen-bond acceptors (Lipinski definition) is 3. The lowest BCUT2D eigenvalue weighted by Gasteiger charge is -2.34. The normalized spacial score (nSPS) is 13.2. The zero-order valence-corrected chi connectivity index (χ0v) is 29.0. The Morgan fingerprint density at radius 1 is 0.385 bits per heavy atom. The van der Waals surface area contributed by atoms with Crippen molar-refractivity contribution in [1.82, 2.24) is 0 Å². The molecule has 1 aliphatic rings. The van der Waals surface area contributed by atoms with Crippen molar-refractivity contribution in [3.05, 3.63) is 210 Å². The molecule has 1 aliphatic carbocycles. The molecule has 0 spiro atoms. The molecular formula is C49H31NOS. The number of thiophene rings is 1. The highest BCUT2D eigenvalue weighted by molar-refractivity contribution is 7.25.